The first-order valence-electron chi connectivity index (χ1n) is 9.05. The summed E-state index contributed by atoms with van der Waals surface area (Å²) in [6, 6.07) is 9.74. The molecule has 1 aliphatic heterocycles. The molecule has 132 valence electrons. The normalized spacial score (nSPS) is 21.5. The maximum absolute atomic E-state index is 12.2. The summed E-state index contributed by atoms with van der Waals surface area (Å²) in [6.45, 7) is 4.01. The van der Waals surface area contributed by atoms with Crippen LogP contribution in [-0.2, 0) is 11.3 Å². The highest BCUT2D eigenvalue weighted by Gasteiger charge is 2.33. The maximum Gasteiger partial charge on any atom is 0.410 e. The molecule has 3 rings (SSSR count). The molecule has 0 unspecified atom stereocenters. The van der Waals surface area contributed by atoms with Gasteiger partial charge in [-0.25, -0.2) is 4.79 Å². The van der Waals surface area contributed by atoms with Crippen molar-refractivity contribution in [1.29, 1.82) is 0 Å². The Morgan fingerprint density at radius 1 is 1.04 bits per heavy atom. The number of piperazine rings is 1. The lowest BCUT2D eigenvalue weighted by molar-refractivity contribution is -0.0351. The van der Waals surface area contributed by atoms with E-state index in [1.165, 1.54) is 6.42 Å². The van der Waals surface area contributed by atoms with E-state index in [1.54, 1.807) is 4.90 Å². The second kappa shape index (κ2) is 7.99. The molecule has 5 heteroatoms. The first kappa shape index (κ1) is 17.2. The van der Waals surface area contributed by atoms with Gasteiger partial charge in [-0.1, -0.05) is 49.6 Å². The fraction of sp³-hybridized carbons (Fsp3) is 0.632. The number of nitrogens with zero attached hydrogens (tertiary/aromatic N) is 2. The highest BCUT2D eigenvalue weighted by Crippen LogP contribution is 2.29. The van der Waals surface area contributed by atoms with E-state index in [0.29, 0.717) is 19.7 Å². The predicted molar refractivity (Wildman–Crippen MR) is 92.7 cm³/mol. The van der Waals surface area contributed by atoms with Crippen LogP contribution in [0.3, 0.4) is 0 Å². The smallest absolute Gasteiger partial charge is 0.410 e. The Bertz CT molecular complexity index is 521. The number of β-amino-alcohol motifs (C(OH)–C–C–N with tert-alkyl or cyclic N) is 1. The summed E-state index contributed by atoms with van der Waals surface area (Å²) < 4.78 is 5.39. The second-order valence-corrected chi connectivity index (χ2v) is 7.09. The first-order chi connectivity index (χ1) is 11.6. The molecule has 1 saturated carbocycles. The standard InChI is InChI=1S/C19H28N2O3/c22-18(24-15-17-7-3-1-4-8-17)21-13-11-20(12-14-21)16-19(23)9-5-2-6-10-19/h1,3-4,7-8,23H,2,5-6,9-16H2. The van der Waals surface area contributed by atoms with E-state index in [9.17, 15) is 9.90 Å². The molecular formula is C19H28N2O3. The Labute approximate surface area is 144 Å². The van der Waals surface area contributed by atoms with Gasteiger partial charge in [-0.15, -0.1) is 0 Å². The van der Waals surface area contributed by atoms with Crippen LogP contribution in [0.1, 0.15) is 37.7 Å². The van der Waals surface area contributed by atoms with Crippen LogP contribution in [0.5, 0.6) is 0 Å². The average Bonchev–Trinajstić information content (AvgIpc) is 2.61. The van der Waals surface area contributed by atoms with E-state index in [0.717, 1.165) is 50.9 Å². The fourth-order valence-corrected chi connectivity index (χ4v) is 3.68. The van der Waals surface area contributed by atoms with Crippen LogP contribution < -0.4 is 0 Å². The maximum atomic E-state index is 12.2. The van der Waals surface area contributed by atoms with Crippen molar-refractivity contribution in [1.82, 2.24) is 9.80 Å². The van der Waals surface area contributed by atoms with Gasteiger partial charge in [-0.2, -0.15) is 0 Å². The zero-order chi connectivity index (χ0) is 16.8. The number of amides is 1. The summed E-state index contributed by atoms with van der Waals surface area (Å²) in [5.41, 5.74) is 0.484. The number of ether oxygens (including phenoxy) is 1. The van der Waals surface area contributed by atoms with Crippen LogP contribution in [0.25, 0.3) is 0 Å². The van der Waals surface area contributed by atoms with Crippen molar-refractivity contribution in [2.75, 3.05) is 32.7 Å². The lowest BCUT2D eigenvalue weighted by atomic mass is 9.84. The predicted octanol–water partition coefficient (Wildman–Crippen LogP) is 2.64. The Morgan fingerprint density at radius 3 is 2.38 bits per heavy atom. The van der Waals surface area contributed by atoms with Gasteiger partial charge >= 0.3 is 6.09 Å². The van der Waals surface area contributed by atoms with E-state index in [-0.39, 0.29) is 6.09 Å². The number of hydrogen-bond acceptors (Lipinski definition) is 4. The van der Waals surface area contributed by atoms with Gasteiger partial charge in [0.05, 0.1) is 5.60 Å². The Kier molecular flexibility index (Phi) is 5.74. The quantitative estimate of drug-likeness (QED) is 0.921. The SMILES string of the molecule is O=C(OCc1ccccc1)N1CCN(CC2(O)CCCCC2)CC1. The molecule has 1 heterocycles. The number of rotatable bonds is 4. The van der Waals surface area contributed by atoms with Crippen LogP contribution in [0.2, 0.25) is 0 Å². The second-order valence-electron chi connectivity index (χ2n) is 7.09. The third-order valence-electron chi connectivity index (χ3n) is 5.14. The molecule has 1 saturated heterocycles. The van der Waals surface area contributed by atoms with E-state index >= 15 is 0 Å². The average molecular weight is 332 g/mol. The molecule has 0 bridgehead atoms. The van der Waals surface area contributed by atoms with Crippen molar-refractivity contribution in [2.45, 2.75) is 44.3 Å². The van der Waals surface area contributed by atoms with Crippen LogP contribution in [-0.4, -0.2) is 59.3 Å². The Hall–Kier alpha value is -1.59. The number of carbonyl (C=O) groups excluding carboxylic acids is 1. The molecule has 2 aliphatic rings. The highest BCUT2D eigenvalue weighted by atomic mass is 16.6. The molecular weight excluding hydrogens is 304 g/mol. The molecule has 1 aliphatic carbocycles. The Balaban J connectivity index is 1.40. The van der Waals surface area contributed by atoms with Gasteiger partial charge in [-0.05, 0) is 18.4 Å². The number of aliphatic hydroxyl groups is 1. The largest absolute Gasteiger partial charge is 0.445 e. The minimum atomic E-state index is -0.520. The third kappa shape index (κ3) is 4.71. The lowest BCUT2D eigenvalue weighted by Gasteiger charge is -2.40. The minimum absolute atomic E-state index is 0.241. The van der Waals surface area contributed by atoms with E-state index < -0.39 is 5.60 Å². The molecule has 1 aromatic carbocycles. The van der Waals surface area contributed by atoms with Gasteiger partial charge in [0.1, 0.15) is 6.61 Å². The first-order valence-corrected chi connectivity index (χ1v) is 9.05. The number of benzene rings is 1. The van der Waals surface area contributed by atoms with Crippen molar-refractivity contribution in [3.63, 3.8) is 0 Å². The van der Waals surface area contributed by atoms with Crippen molar-refractivity contribution < 1.29 is 14.6 Å². The summed E-state index contributed by atoms with van der Waals surface area (Å²) in [7, 11) is 0. The van der Waals surface area contributed by atoms with Gasteiger partial charge < -0.3 is 14.7 Å². The molecule has 1 amide bonds. The molecule has 1 N–H and O–H groups in total. The summed E-state index contributed by atoms with van der Waals surface area (Å²) in [4.78, 5) is 16.2. The zero-order valence-electron chi connectivity index (χ0n) is 14.3. The highest BCUT2D eigenvalue weighted by molar-refractivity contribution is 5.67. The molecule has 24 heavy (non-hydrogen) atoms. The molecule has 2 fully saturated rings. The molecule has 0 radical (unpaired) electrons. The van der Waals surface area contributed by atoms with E-state index in [2.05, 4.69) is 4.90 Å². The van der Waals surface area contributed by atoms with Crippen molar-refractivity contribution in [3.05, 3.63) is 35.9 Å². The van der Waals surface area contributed by atoms with E-state index in [4.69, 9.17) is 4.74 Å². The molecule has 0 spiro atoms. The molecule has 0 atom stereocenters. The summed E-state index contributed by atoms with van der Waals surface area (Å²) in [6.07, 6.45) is 5.07. The van der Waals surface area contributed by atoms with E-state index in [1.807, 2.05) is 30.3 Å². The van der Waals surface area contributed by atoms with Crippen LogP contribution in [0.4, 0.5) is 4.79 Å². The molecule has 0 aromatic heterocycles. The van der Waals surface area contributed by atoms with Crippen LogP contribution >= 0.6 is 0 Å². The molecule has 1 aromatic rings. The Morgan fingerprint density at radius 2 is 1.71 bits per heavy atom. The molecule has 5 nitrogen and oxygen atoms in total. The van der Waals surface area contributed by atoms with Gasteiger partial charge in [0.25, 0.3) is 0 Å². The topological polar surface area (TPSA) is 53.0 Å². The summed E-state index contributed by atoms with van der Waals surface area (Å²) in [5, 5.41) is 10.7. The van der Waals surface area contributed by atoms with Gasteiger partial charge in [-0.3, -0.25) is 4.90 Å². The van der Waals surface area contributed by atoms with Crippen LogP contribution in [0.15, 0.2) is 30.3 Å². The fourth-order valence-electron chi connectivity index (χ4n) is 3.68. The van der Waals surface area contributed by atoms with Crippen molar-refractivity contribution >= 4 is 6.09 Å². The van der Waals surface area contributed by atoms with Gasteiger partial charge in [0, 0.05) is 32.7 Å². The number of carbonyl (C=O) groups is 1. The monoisotopic (exact) mass is 332 g/mol. The summed E-state index contributed by atoms with van der Waals surface area (Å²) in [5.74, 6) is 0. The minimum Gasteiger partial charge on any atom is -0.445 e. The summed E-state index contributed by atoms with van der Waals surface area (Å²) >= 11 is 0. The zero-order valence-corrected chi connectivity index (χ0v) is 14.3. The van der Waals surface area contributed by atoms with Crippen LogP contribution in [0, 0.1) is 0 Å². The third-order valence-corrected chi connectivity index (χ3v) is 5.14. The van der Waals surface area contributed by atoms with Crippen molar-refractivity contribution in [2.24, 2.45) is 0 Å². The number of hydrogen-bond donors (Lipinski definition) is 1. The van der Waals surface area contributed by atoms with Gasteiger partial charge in [0.2, 0.25) is 0 Å². The van der Waals surface area contributed by atoms with Crippen molar-refractivity contribution in [3.8, 4) is 0 Å². The van der Waals surface area contributed by atoms with Gasteiger partial charge in [0.15, 0.2) is 0 Å². The lowest BCUT2D eigenvalue weighted by Crippen LogP contribution is -2.53.